The Morgan fingerprint density at radius 1 is 0.944 bits per heavy atom. The van der Waals surface area contributed by atoms with E-state index in [1.807, 2.05) is 0 Å². The van der Waals surface area contributed by atoms with E-state index >= 15 is 0 Å². The van der Waals surface area contributed by atoms with Crippen LogP contribution in [0.25, 0.3) is 0 Å². The van der Waals surface area contributed by atoms with Gasteiger partial charge in [-0.1, -0.05) is 0 Å². The number of hydrogen-bond donors (Lipinski definition) is 3. The summed E-state index contributed by atoms with van der Waals surface area (Å²) in [5.74, 6) is 0. The number of nitrogens with zero attached hydrogens (tertiary/aromatic N) is 1. The van der Waals surface area contributed by atoms with E-state index in [-0.39, 0.29) is 0 Å². The predicted octanol–water partition coefficient (Wildman–Crippen LogP) is 1.09. The molecule has 1 heterocycles. The second-order valence-electron chi connectivity index (χ2n) is 6.44. The summed E-state index contributed by atoms with van der Waals surface area (Å²) in [6.45, 7) is 4.55. The zero-order valence-electron chi connectivity index (χ0n) is 12.4. The fourth-order valence-corrected chi connectivity index (χ4v) is 3.37. The first-order valence-electron chi connectivity index (χ1n) is 7.49. The monoisotopic (exact) mass is 254 g/mol. The van der Waals surface area contributed by atoms with Crippen molar-refractivity contribution < 1.29 is 0 Å². The molecular formula is C14H30N4. The first kappa shape index (κ1) is 14.3. The van der Waals surface area contributed by atoms with E-state index in [2.05, 4.69) is 48.8 Å². The third-order valence-electron chi connectivity index (χ3n) is 4.44. The van der Waals surface area contributed by atoms with Crippen molar-refractivity contribution in [2.45, 2.75) is 76.4 Å². The van der Waals surface area contributed by atoms with Crippen molar-refractivity contribution in [3.8, 4) is 0 Å². The summed E-state index contributed by atoms with van der Waals surface area (Å²) in [7, 11) is 4.40. The Morgan fingerprint density at radius 3 is 2.00 bits per heavy atom. The van der Waals surface area contributed by atoms with Gasteiger partial charge in [0, 0.05) is 24.2 Å². The van der Waals surface area contributed by atoms with Crippen molar-refractivity contribution in [1.29, 1.82) is 0 Å². The van der Waals surface area contributed by atoms with Crippen LogP contribution in [0.2, 0.25) is 0 Å². The second kappa shape index (κ2) is 6.33. The minimum Gasteiger partial charge on any atom is -0.306 e. The van der Waals surface area contributed by atoms with Gasteiger partial charge < -0.3 is 4.90 Å². The quantitative estimate of drug-likeness (QED) is 0.705. The fourth-order valence-electron chi connectivity index (χ4n) is 3.37. The van der Waals surface area contributed by atoms with Gasteiger partial charge in [0.15, 0.2) is 0 Å². The Hall–Kier alpha value is -0.160. The van der Waals surface area contributed by atoms with E-state index < -0.39 is 0 Å². The summed E-state index contributed by atoms with van der Waals surface area (Å²) >= 11 is 0. The molecule has 0 spiro atoms. The smallest absolute Gasteiger partial charge is 0.112 e. The molecule has 106 valence electrons. The van der Waals surface area contributed by atoms with Crippen LogP contribution < -0.4 is 16.0 Å². The van der Waals surface area contributed by atoms with E-state index in [0.29, 0.717) is 24.4 Å². The summed E-state index contributed by atoms with van der Waals surface area (Å²) in [5.41, 5.74) is 0. The van der Waals surface area contributed by atoms with Gasteiger partial charge in [0.2, 0.25) is 0 Å². The Morgan fingerprint density at radius 2 is 1.50 bits per heavy atom. The lowest BCUT2D eigenvalue weighted by molar-refractivity contribution is 0.164. The molecule has 0 aromatic carbocycles. The van der Waals surface area contributed by atoms with E-state index in [9.17, 15) is 0 Å². The average molecular weight is 254 g/mol. The molecule has 2 aliphatic rings. The SMILES string of the molecule is CC1CC(C)NC(NC2CCC(N(C)C)CC2)N1. The summed E-state index contributed by atoms with van der Waals surface area (Å²) < 4.78 is 0. The summed E-state index contributed by atoms with van der Waals surface area (Å²) in [6, 6.07) is 2.67. The minimum absolute atomic E-state index is 0.296. The van der Waals surface area contributed by atoms with Crippen LogP contribution in [0.3, 0.4) is 0 Å². The standard InChI is InChI=1S/C14H30N4/c1-10-9-11(2)16-14(15-10)17-12-5-7-13(8-6-12)18(3)4/h10-17H,5-9H2,1-4H3. The molecule has 2 unspecified atom stereocenters. The van der Waals surface area contributed by atoms with E-state index in [1.54, 1.807) is 0 Å². The highest BCUT2D eigenvalue weighted by Crippen LogP contribution is 2.22. The molecule has 0 radical (unpaired) electrons. The molecule has 2 atom stereocenters. The van der Waals surface area contributed by atoms with Gasteiger partial charge >= 0.3 is 0 Å². The summed E-state index contributed by atoms with van der Waals surface area (Å²) in [4.78, 5) is 2.37. The lowest BCUT2D eigenvalue weighted by Crippen LogP contribution is -2.64. The molecule has 3 N–H and O–H groups in total. The molecule has 0 bridgehead atoms. The molecule has 4 nitrogen and oxygen atoms in total. The Kier molecular flexibility index (Phi) is 5.01. The van der Waals surface area contributed by atoms with Gasteiger partial charge in [0.25, 0.3) is 0 Å². The molecule has 0 aromatic rings. The number of hydrogen-bond acceptors (Lipinski definition) is 4. The number of nitrogens with one attached hydrogen (secondary N) is 3. The van der Waals surface area contributed by atoms with Gasteiger partial charge in [0.1, 0.15) is 6.29 Å². The fraction of sp³-hybridized carbons (Fsp3) is 1.00. The minimum atomic E-state index is 0.296. The molecule has 0 aromatic heterocycles. The Bertz CT molecular complexity index is 238. The van der Waals surface area contributed by atoms with Crippen molar-refractivity contribution >= 4 is 0 Å². The molecule has 1 aliphatic heterocycles. The number of rotatable bonds is 3. The molecule has 18 heavy (non-hydrogen) atoms. The molecule has 0 amide bonds. The van der Waals surface area contributed by atoms with Gasteiger partial charge in [0.05, 0.1) is 0 Å². The highest BCUT2D eigenvalue weighted by Gasteiger charge is 2.27. The van der Waals surface area contributed by atoms with E-state index in [1.165, 1.54) is 32.1 Å². The van der Waals surface area contributed by atoms with Crippen molar-refractivity contribution in [2.75, 3.05) is 14.1 Å². The van der Waals surface area contributed by atoms with Crippen LogP contribution in [0.4, 0.5) is 0 Å². The van der Waals surface area contributed by atoms with Crippen LogP contribution in [0, 0.1) is 0 Å². The Balaban J connectivity index is 1.74. The second-order valence-corrected chi connectivity index (χ2v) is 6.44. The maximum Gasteiger partial charge on any atom is 0.112 e. The Labute approximate surface area is 112 Å². The van der Waals surface area contributed by atoms with Crippen LogP contribution in [0.1, 0.15) is 46.0 Å². The van der Waals surface area contributed by atoms with Crippen LogP contribution in [0.5, 0.6) is 0 Å². The van der Waals surface area contributed by atoms with Crippen LogP contribution >= 0.6 is 0 Å². The zero-order valence-corrected chi connectivity index (χ0v) is 12.4. The topological polar surface area (TPSA) is 39.3 Å². The normalized spacial score (nSPS) is 42.2. The largest absolute Gasteiger partial charge is 0.306 e. The molecule has 2 rings (SSSR count). The van der Waals surface area contributed by atoms with Crippen LogP contribution in [-0.4, -0.2) is 49.5 Å². The van der Waals surface area contributed by atoms with Crippen molar-refractivity contribution in [2.24, 2.45) is 0 Å². The van der Waals surface area contributed by atoms with E-state index in [0.717, 1.165) is 6.04 Å². The van der Waals surface area contributed by atoms with Gasteiger partial charge in [-0.05, 0) is 60.0 Å². The van der Waals surface area contributed by atoms with Gasteiger partial charge in [-0.25, -0.2) is 0 Å². The van der Waals surface area contributed by atoms with Crippen molar-refractivity contribution in [3.63, 3.8) is 0 Å². The average Bonchev–Trinajstić information content (AvgIpc) is 2.28. The first-order valence-corrected chi connectivity index (χ1v) is 7.49. The molecule has 1 saturated heterocycles. The van der Waals surface area contributed by atoms with Gasteiger partial charge in [-0.15, -0.1) is 0 Å². The first-order chi connectivity index (χ1) is 8.54. The predicted molar refractivity (Wildman–Crippen MR) is 76.5 cm³/mol. The van der Waals surface area contributed by atoms with Crippen molar-refractivity contribution in [3.05, 3.63) is 0 Å². The summed E-state index contributed by atoms with van der Waals surface area (Å²) in [5, 5.41) is 10.9. The van der Waals surface area contributed by atoms with Crippen LogP contribution in [-0.2, 0) is 0 Å². The van der Waals surface area contributed by atoms with Crippen LogP contribution in [0.15, 0.2) is 0 Å². The summed E-state index contributed by atoms with van der Waals surface area (Å²) in [6.07, 6.45) is 6.75. The highest BCUT2D eigenvalue weighted by atomic mass is 15.3. The maximum absolute atomic E-state index is 3.74. The lowest BCUT2D eigenvalue weighted by atomic mass is 9.90. The molecule has 1 saturated carbocycles. The van der Waals surface area contributed by atoms with Gasteiger partial charge in [-0.3, -0.25) is 16.0 Å². The third-order valence-corrected chi connectivity index (χ3v) is 4.44. The molecule has 1 aliphatic carbocycles. The maximum atomic E-state index is 3.74. The van der Waals surface area contributed by atoms with Gasteiger partial charge in [-0.2, -0.15) is 0 Å². The molecular weight excluding hydrogens is 224 g/mol. The van der Waals surface area contributed by atoms with E-state index in [4.69, 9.17) is 0 Å². The zero-order chi connectivity index (χ0) is 13.1. The highest BCUT2D eigenvalue weighted by molar-refractivity contribution is 4.86. The molecule has 4 heteroatoms. The molecule has 2 fully saturated rings. The lowest BCUT2D eigenvalue weighted by Gasteiger charge is -2.39. The third kappa shape index (κ3) is 3.92. The van der Waals surface area contributed by atoms with Crippen molar-refractivity contribution in [1.82, 2.24) is 20.9 Å².